The van der Waals surface area contributed by atoms with Crippen LogP contribution < -0.4 is 10.3 Å². The summed E-state index contributed by atoms with van der Waals surface area (Å²) in [6, 6.07) is 20.9. The van der Waals surface area contributed by atoms with E-state index in [4.69, 9.17) is 14.5 Å². The van der Waals surface area contributed by atoms with Crippen LogP contribution in [0.3, 0.4) is 0 Å². The van der Waals surface area contributed by atoms with Crippen LogP contribution >= 0.6 is 0 Å². The predicted molar refractivity (Wildman–Crippen MR) is 151 cm³/mol. The number of methoxy groups -OCH3 is 1. The van der Waals surface area contributed by atoms with Crippen molar-refractivity contribution >= 4 is 16.9 Å². The van der Waals surface area contributed by atoms with Crippen LogP contribution in [0.1, 0.15) is 53.9 Å². The van der Waals surface area contributed by atoms with Crippen LogP contribution in [0.2, 0.25) is 0 Å². The number of allylic oxidation sites excluding steroid dienone is 1. The summed E-state index contributed by atoms with van der Waals surface area (Å²) < 4.78 is 13.0. The minimum atomic E-state index is -0.896. The number of fused-ring (bicyclic) bond motifs is 1. The average molecular weight is 511 g/mol. The third-order valence-corrected chi connectivity index (χ3v) is 6.53. The van der Waals surface area contributed by atoms with E-state index in [0.29, 0.717) is 29.7 Å². The molecule has 4 aromatic rings. The maximum Gasteiger partial charge on any atom is 0.351 e. The zero-order chi connectivity index (χ0) is 27.1. The van der Waals surface area contributed by atoms with E-state index in [9.17, 15) is 9.59 Å². The van der Waals surface area contributed by atoms with Gasteiger partial charge in [0.05, 0.1) is 24.6 Å². The van der Waals surface area contributed by atoms with E-state index < -0.39 is 12.1 Å². The van der Waals surface area contributed by atoms with E-state index in [2.05, 4.69) is 13.5 Å². The number of aryl methyl sites for hydroxylation is 2. The van der Waals surface area contributed by atoms with Gasteiger partial charge in [0, 0.05) is 12.0 Å². The summed E-state index contributed by atoms with van der Waals surface area (Å²) in [5.74, 6) is 0.877. The Morgan fingerprint density at radius 3 is 2.61 bits per heavy atom. The van der Waals surface area contributed by atoms with Crippen molar-refractivity contribution in [1.29, 1.82) is 0 Å². The van der Waals surface area contributed by atoms with Gasteiger partial charge in [-0.15, -0.1) is 6.58 Å². The number of carbonyl (C=O) groups is 1. The monoisotopic (exact) mass is 510 g/mol. The van der Waals surface area contributed by atoms with E-state index in [1.54, 1.807) is 10.6 Å². The largest absolute Gasteiger partial charge is 0.474 e. The summed E-state index contributed by atoms with van der Waals surface area (Å²) >= 11 is 0. The first-order valence-corrected chi connectivity index (χ1v) is 13.0. The molecule has 0 spiro atoms. The van der Waals surface area contributed by atoms with Crippen molar-refractivity contribution in [1.82, 2.24) is 9.55 Å². The van der Waals surface area contributed by atoms with Crippen LogP contribution in [-0.2, 0) is 28.9 Å². The zero-order valence-corrected chi connectivity index (χ0v) is 22.3. The lowest BCUT2D eigenvalue weighted by atomic mass is 10.0. The van der Waals surface area contributed by atoms with E-state index >= 15 is 0 Å². The number of nitrogens with zero attached hydrogens (tertiary/aromatic N) is 2. The number of benzene rings is 3. The molecule has 1 atom stereocenters. The first kappa shape index (κ1) is 26.9. The molecule has 0 aliphatic rings. The number of rotatable bonds is 11. The van der Waals surface area contributed by atoms with Crippen LogP contribution in [0.4, 0.5) is 0 Å². The van der Waals surface area contributed by atoms with Crippen LogP contribution in [0.15, 0.2) is 84.2 Å². The Bertz CT molecular complexity index is 1490. The van der Waals surface area contributed by atoms with Crippen molar-refractivity contribution in [3.8, 4) is 5.75 Å². The molecule has 38 heavy (non-hydrogen) atoms. The Morgan fingerprint density at radius 2 is 1.89 bits per heavy atom. The van der Waals surface area contributed by atoms with Gasteiger partial charge in [-0.3, -0.25) is 9.36 Å². The van der Waals surface area contributed by atoms with E-state index in [0.717, 1.165) is 47.3 Å². The van der Waals surface area contributed by atoms with E-state index in [1.807, 2.05) is 73.7 Å². The smallest absolute Gasteiger partial charge is 0.351 e. The third kappa shape index (κ3) is 6.02. The quantitative estimate of drug-likeness (QED) is 0.180. The lowest BCUT2D eigenvalue weighted by molar-refractivity contribution is -0.149. The van der Waals surface area contributed by atoms with Crippen LogP contribution in [-0.4, -0.2) is 22.6 Å². The highest BCUT2D eigenvalue weighted by Crippen LogP contribution is 2.28. The number of hydrogen-bond acceptors (Lipinski definition) is 5. The third-order valence-electron chi connectivity index (χ3n) is 6.53. The highest BCUT2D eigenvalue weighted by molar-refractivity contribution is 5.78. The van der Waals surface area contributed by atoms with Crippen molar-refractivity contribution in [2.45, 2.75) is 52.2 Å². The molecule has 6 heteroatoms. The minimum absolute atomic E-state index is 0.0368. The summed E-state index contributed by atoms with van der Waals surface area (Å²) in [5, 5.41) is 0.625. The fourth-order valence-electron chi connectivity index (χ4n) is 4.53. The molecule has 1 unspecified atom stereocenters. The molecule has 0 saturated heterocycles. The molecule has 0 radical (unpaired) electrons. The molecule has 196 valence electrons. The topological polar surface area (TPSA) is 70.4 Å². The number of hydrogen-bond donors (Lipinski definition) is 0. The van der Waals surface area contributed by atoms with Crippen molar-refractivity contribution in [3.63, 3.8) is 0 Å². The standard InChI is InChI=1S/C32H34N2O4/c1-5-7-14-29-33-27-17-15-22(3)19-26(27)31(35)34(29)21-23-16-18-28(25(20-23)11-6-2)38-30(32(36)37-4)24-12-9-8-10-13-24/h6,8-10,12-13,15-20,30H,2,5,7,11,14,21H2,1,3-4H3. The van der Waals surface area contributed by atoms with Gasteiger partial charge in [-0.25, -0.2) is 9.78 Å². The molecule has 4 rings (SSSR count). The molecule has 1 heterocycles. The van der Waals surface area contributed by atoms with Crippen LogP contribution in [0, 0.1) is 6.92 Å². The van der Waals surface area contributed by atoms with Crippen molar-refractivity contribution in [3.05, 3.63) is 118 Å². The molecular weight excluding hydrogens is 476 g/mol. The number of esters is 1. The Hall–Kier alpha value is -4.19. The summed E-state index contributed by atoms with van der Waals surface area (Å²) in [4.78, 5) is 31.0. The fraction of sp³-hybridized carbons (Fsp3) is 0.281. The van der Waals surface area contributed by atoms with Gasteiger partial charge in [-0.1, -0.05) is 67.4 Å². The van der Waals surface area contributed by atoms with Crippen molar-refractivity contribution in [2.75, 3.05) is 7.11 Å². The molecule has 3 aromatic carbocycles. The fourth-order valence-corrected chi connectivity index (χ4v) is 4.53. The zero-order valence-electron chi connectivity index (χ0n) is 22.3. The molecule has 0 amide bonds. The van der Waals surface area contributed by atoms with Gasteiger partial charge in [-0.05, 0) is 55.2 Å². The van der Waals surface area contributed by atoms with Crippen molar-refractivity contribution < 1.29 is 14.3 Å². The number of ether oxygens (including phenoxy) is 2. The maximum atomic E-state index is 13.6. The van der Waals surface area contributed by atoms with Crippen LogP contribution in [0.25, 0.3) is 10.9 Å². The van der Waals surface area contributed by atoms with E-state index in [1.165, 1.54) is 7.11 Å². The number of unbranched alkanes of at least 4 members (excludes halogenated alkanes) is 1. The highest BCUT2D eigenvalue weighted by Gasteiger charge is 2.24. The predicted octanol–water partition coefficient (Wildman–Crippen LogP) is 6.12. The first-order valence-electron chi connectivity index (χ1n) is 13.0. The van der Waals surface area contributed by atoms with Gasteiger partial charge < -0.3 is 9.47 Å². The van der Waals surface area contributed by atoms with Crippen LogP contribution in [0.5, 0.6) is 5.75 Å². The van der Waals surface area contributed by atoms with Gasteiger partial charge in [0.25, 0.3) is 5.56 Å². The molecular formula is C32H34N2O4. The summed E-state index contributed by atoms with van der Waals surface area (Å²) in [6.45, 7) is 8.39. The molecule has 0 fully saturated rings. The summed E-state index contributed by atoms with van der Waals surface area (Å²) in [7, 11) is 1.35. The maximum absolute atomic E-state index is 13.6. The molecule has 0 saturated carbocycles. The first-order chi connectivity index (χ1) is 18.4. The number of aromatic nitrogens is 2. The van der Waals surface area contributed by atoms with Gasteiger partial charge >= 0.3 is 5.97 Å². The molecule has 6 nitrogen and oxygen atoms in total. The molecule has 0 N–H and O–H groups in total. The second kappa shape index (κ2) is 12.4. The Kier molecular flexibility index (Phi) is 8.74. The highest BCUT2D eigenvalue weighted by atomic mass is 16.6. The SMILES string of the molecule is C=CCc1cc(Cn2c(CCCC)nc3ccc(C)cc3c2=O)ccc1OC(C(=O)OC)c1ccccc1. The molecule has 0 bridgehead atoms. The van der Waals surface area contributed by atoms with Gasteiger partial charge in [0.2, 0.25) is 6.10 Å². The van der Waals surface area contributed by atoms with Gasteiger partial charge in [-0.2, -0.15) is 0 Å². The molecule has 1 aromatic heterocycles. The number of carbonyl (C=O) groups excluding carboxylic acids is 1. The second-order valence-electron chi connectivity index (χ2n) is 9.41. The summed E-state index contributed by atoms with van der Waals surface area (Å²) in [5.41, 5.74) is 4.24. The average Bonchev–Trinajstić information content (AvgIpc) is 2.93. The lowest BCUT2D eigenvalue weighted by Crippen LogP contribution is -2.26. The Balaban J connectivity index is 1.72. The van der Waals surface area contributed by atoms with Gasteiger partial charge in [0.1, 0.15) is 11.6 Å². The Morgan fingerprint density at radius 1 is 1.11 bits per heavy atom. The Labute approximate surface area is 223 Å². The van der Waals surface area contributed by atoms with Gasteiger partial charge in [0.15, 0.2) is 0 Å². The molecule has 0 aliphatic heterocycles. The normalized spacial score (nSPS) is 11.8. The lowest BCUT2D eigenvalue weighted by Gasteiger charge is -2.20. The van der Waals surface area contributed by atoms with Crippen molar-refractivity contribution in [2.24, 2.45) is 0 Å². The second-order valence-corrected chi connectivity index (χ2v) is 9.41. The van der Waals surface area contributed by atoms with E-state index in [-0.39, 0.29) is 5.56 Å². The summed E-state index contributed by atoms with van der Waals surface area (Å²) in [6.07, 6.45) is 4.13. The molecule has 0 aliphatic carbocycles. The minimum Gasteiger partial charge on any atom is -0.474 e.